The number of nitrogens with one attached hydrogen (secondary N) is 2. The molecular weight excluding hydrogens is 280 g/mol. The normalized spacial score (nSPS) is 24.7. The van der Waals surface area contributed by atoms with E-state index in [1.807, 2.05) is 24.3 Å². The minimum absolute atomic E-state index is 0.0216. The van der Waals surface area contributed by atoms with Gasteiger partial charge in [-0.15, -0.1) is 0 Å². The second-order valence-corrected chi connectivity index (χ2v) is 6.14. The largest absolute Gasteiger partial charge is 0.380 e. The van der Waals surface area contributed by atoms with Crippen LogP contribution >= 0.6 is 0 Å². The van der Waals surface area contributed by atoms with Crippen molar-refractivity contribution >= 4 is 11.8 Å². The number of hydrogen-bond acceptors (Lipinski definition) is 3. The summed E-state index contributed by atoms with van der Waals surface area (Å²) in [6.07, 6.45) is 3.47. The molecule has 1 saturated heterocycles. The van der Waals surface area contributed by atoms with E-state index in [0.717, 1.165) is 18.4 Å². The molecule has 2 aliphatic rings. The number of ether oxygens (including phenoxy) is 1. The van der Waals surface area contributed by atoms with E-state index in [0.29, 0.717) is 30.9 Å². The number of benzene rings is 1. The summed E-state index contributed by atoms with van der Waals surface area (Å²) in [4.78, 5) is 24.2. The van der Waals surface area contributed by atoms with Gasteiger partial charge in [-0.2, -0.15) is 0 Å². The van der Waals surface area contributed by atoms with Crippen LogP contribution in [0.1, 0.15) is 41.6 Å². The van der Waals surface area contributed by atoms with Gasteiger partial charge in [-0.1, -0.05) is 18.2 Å². The zero-order chi connectivity index (χ0) is 15.5. The third kappa shape index (κ3) is 3.30. The summed E-state index contributed by atoms with van der Waals surface area (Å²) in [5.74, 6) is 0.533. The molecule has 2 amide bonds. The third-order valence-electron chi connectivity index (χ3n) is 4.45. The highest BCUT2D eigenvalue weighted by atomic mass is 16.5. The molecule has 5 heteroatoms. The molecule has 2 fully saturated rings. The Balaban J connectivity index is 1.71. The van der Waals surface area contributed by atoms with Gasteiger partial charge in [0.1, 0.15) is 0 Å². The summed E-state index contributed by atoms with van der Waals surface area (Å²) in [7, 11) is 1.62. The van der Waals surface area contributed by atoms with E-state index in [-0.39, 0.29) is 23.9 Å². The van der Waals surface area contributed by atoms with Crippen molar-refractivity contribution in [3.05, 3.63) is 35.4 Å². The molecule has 22 heavy (non-hydrogen) atoms. The van der Waals surface area contributed by atoms with Gasteiger partial charge in [0.15, 0.2) is 0 Å². The molecule has 2 N–H and O–H groups in total. The minimum atomic E-state index is -0.0838. The van der Waals surface area contributed by atoms with Gasteiger partial charge in [0, 0.05) is 19.1 Å². The summed E-state index contributed by atoms with van der Waals surface area (Å²) in [6, 6.07) is 7.58. The average Bonchev–Trinajstić information content (AvgIpc) is 3.34. The first-order valence-electron chi connectivity index (χ1n) is 7.86. The van der Waals surface area contributed by atoms with Crippen LogP contribution in [0.2, 0.25) is 0 Å². The molecule has 1 aromatic rings. The summed E-state index contributed by atoms with van der Waals surface area (Å²) in [5.41, 5.74) is 1.53. The van der Waals surface area contributed by atoms with Crippen LogP contribution in [-0.2, 0) is 16.1 Å². The average molecular weight is 302 g/mol. The van der Waals surface area contributed by atoms with E-state index in [4.69, 9.17) is 4.74 Å². The topological polar surface area (TPSA) is 67.4 Å². The lowest BCUT2D eigenvalue weighted by Gasteiger charge is -2.33. The van der Waals surface area contributed by atoms with Gasteiger partial charge in [0.25, 0.3) is 5.91 Å². The highest BCUT2D eigenvalue weighted by Crippen LogP contribution is 2.36. The number of carbonyl (C=O) groups is 2. The highest BCUT2D eigenvalue weighted by Gasteiger charge is 2.40. The predicted octanol–water partition coefficient (Wildman–Crippen LogP) is 1.62. The maximum Gasteiger partial charge on any atom is 0.251 e. The highest BCUT2D eigenvalue weighted by molar-refractivity contribution is 5.96. The number of rotatable bonds is 5. The van der Waals surface area contributed by atoms with E-state index in [2.05, 4.69) is 10.6 Å². The summed E-state index contributed by atoms with van der Waals surface area (Å²) in [6.45, 7) is 0.414. The lowest BCUT2D eigenvalue weighted by atomic mass is 9.93. The molecule has 0 aromatic heterocycles. The van der Waals surface area contributed by atoms with Crippen LogP contribution in [0.15, 0.2) is 24.3 Å². The first-order valence-corrected chi connectivity index (χ1v) is 7.86. The Hall–Kier alpha value is -1.88. The first-order chi connectivity index (χ1) is 10.7. The lowest BCUT2D eigenvalue weighted by molar-refractivity contribution is -0.124. The SMILES string of the molecule is COCc1ccccc1C(=O)N[C@@H]1CCC(=O)N[C@H]1C1CC1. The van der Waals surface area contributed by atoms with Crippen molar-refractivity contribution in [3.63, 3.8) is 0 Å². The maximum atomic E-state index is 12.6. The Kier molecular flexibility index (Phi) is 4.43. The molecule has 1 saturated carbocycles. The van der Waals surface area contributed by atoms with Crippen molar-refractivity contribution in [2.24, 2.45) is 5.92 Å². The van der Waals surface area contributed by atoms with Crippen molar-refractivity contribution in [3.8, 4) is 0 Å². The predicted molar refractivity (Wildman–Crippen MR) is 82.3 cm³/mol. The van der Waals surface area contributed by atoms with Crippen LogP contribution in [-0.4, -0.2) is 31.0 Å². The standard InChI is InChI=1S/C17H22N2O3/c1-22-10-12-4-2-3-5-13(12)17(21)18-14-8-9-15(20)19-16(14)11-6-7-11/h2-5,11,14,16H,6-10H2,1H3,(H,18,21)(H,19,20)/t14-,16+/m1/s1. The van der Waals surface area contributed by atoms with Crippen LogP contribution in [0, 0.1) is 5.92 Å². The van der Waals surface area contributed by atoms with Gasteiger partial charge < -0.3 is 15.4 Å². The smallest absolute Gasteiger partial charge is 0.251 e. The summed E-state index contributed by atoms with van der Waals surface area (Å²) < 4.78 is 5.16. The van der Waals surface area contributed by atoms with E-state index < -0.39 is 0 Å². The first kappa shape index (κ1) is 15.0. The monoisotopic (exact) mass is 302 g/mol. The fourth-order valence-corrected chi connectivity index (χ4v) is 3.16. The molecule has 0 radical (unpaired) electrons. The molecule has 5 nitrogen and oxygen atoms in total. The molecule has 1 aromatic carbocycles. The molecule has 1 aliphatic heterocycles. The zero-order valence-electron chi connectivity index (χ0n) is 12.8. The zero-order valence-corrected chi connectivity index (χ0v) is 12.8. The molecule has 0 spiro atoms. The lowest BCUT2D eigenvalue weighted by Crippen LogP contribution is -2.56. The minimum Gasteiger partial charge on any atom is -0.380 e. The van der Waals surface area contributed by atoms with Crippen molar-refractivity contribution in [2.75, 3.05) is 7.11 Å². The number of piperidine rings is 1. The quantitative estimate of drug-likeness (QED) is 0.868. The molecule has 118 valence electrons. The Morgan fingerprint density at radius 3 is 2.82 bits per heavy atom. The van der Waals surface area contributed by atoms with Crippen LogP contribution in [0.5, 0.6) is 0 Å². The Labute approximate surface area is 130 Å². The molecule has 1 heterocycles. The van der Waals surface area contributed by atoms with Gasteiger partial charge in [0.05, 0.1) is 18.7 Å². The Morgan fingerprint density at radius 1 is 1.32 bits per heavy atom. The Bertz CT molecular complexity index is 569. The number of carbonyl (C=O) groups excluding carboxylic acids is 2. The molecule has 3 rings (SSSR count). The summed E-state index contributed by atoms with van der Waals surface area (Å²) in [5, 5.41) is 6.16. The number of hydrogen-bond donors (Lipinski definition) is 2. The molecular formula is C17H22N2O3. The van der Waals surface area contributed by atoms with Crippen LogP contribution in [0.3, 0.4) is 0 Å². The van der Waals surface area contributed by atoms with Gasteiger partial charge in [-0.3, -0.25) is 9.59 Å². The van der Waals surface area contributed by atoms with Gasteiger partial charge >= 0.3 is 0 Å². The molecule has 0 unspecified atom stereocenters. The molecule has 1 aliphatic carbocycles. The fraction of sp³-hybridized carbons (Fsp3) is 0.529. The van der Waals surface area contributed by atoms with Crippen LogP contribution < -0.4 is 10.6 Å². The van der Waals surface area contributed by atoms with E-state index in [1.165, 1.54) is 0 Å². The van der Waals surface area contributed by atoms with E-state index in [1.54, 1.807) is 7.11 Å². The maximum absolute atomic E-state index is 12.6. The second-order valence-electron chi connectivity index (χ2n) is 6.14. The summed E-state index contributed by atoms with van der Waals surface area (Å²) >= 11 is 0. The van der Waals surface area contributed by atoms with Crippen molar-refractivity contribution in [2.45, 2.75) is 44.4 Å². The van der Waals surface area contributed by atoms with Gasteiger partial charge in [-0.25, -0.2) is 0 Å². The third-order valence-corrected chi connectivity index (χ3v) is 4.45. The van der Waals surface area contributed by atoms with Crippen molar-refractivity contribution < 1.29 is 14.3 Å². The van der Waals surface area contributed by atoms with Crippen molar-refractivity contribution in [1.82, 2.24) is 10.6 Å². The van der Waals surface area contributed by atoms with Crippen molar-refractivity contribution in [1.29, 1.82) is 0 Å². The van der Waals surface area contributed by atoms with E-state index >= 15 is 0 Å². The Morgan fingerprint density at radius 2 is 2.09 bits per heavy atom. The van der Waals surface area contributed by atoms with Gasteiger partial charge in [0.2, 0.25) is 5.91 Å². The second kappa shape index (κ2) is 6.48. The van der Waals surface area contributed by atoms with Crippen LogP contribution in [0.25, 0.3) is 0 Å². The number of methoxy groups -OCH3 is 1. The van der Waals surface area contributed by atoms with Gasteiger partial charge in [-0.05, 0) is 36.8 Å². The molecule has 2 atom stereocenters. The molecule has 0 bridgehead atoms. The van der Waals surface area contributed by atoms with E-state index in [9.17, 15) is 9.59 Å². The van der Waals surface area contributed by atoms with Crippen LogP contribution in [0.4, 0.5) is 0 Å². The number of amides is 2. The fourth-order valence-electron chi connectivity index (χ4n) is 3.16.